The highest BCUT2D eigenvalue weighted by molar-refractivity contribution is 7.60. The normalized spacial score (nSPS) is 48.0. The molecule has 0 aromatic heterocycles. The van der Waals surface area contributed by atoms with Gasteiger partial charge in [0.1, 0.15) is 0 Å². The number of rotatable bonds is 1. The van der Waals surface area contributed by atoms with E-state index in [0.29, 0.717) is 0 Å². The predicted molar refractivity (Wildman–Crippen MR) is 50.8 cm³/mol. The molecule has 1 aliphatic rings. The summed E-state index contributed by atoms with van der Waals surface area (Å²) in [5, 5.41) is 0.245. The third-order valence-corrected chi connectivity index (χ3v) is 6.91. The highest BCUT2D eigenvalue weighted by atomic mass is 35.5. The molecule has 60 valence electrons. The zero-order valence-electron chi connectivity index (χ0n) is 6.40. The zero-order valence-corrected chi connectivity index (χ0v) is 8.81. The van der Waals surface area contributed by atoms with Crippen LogP contribution >= 0.6 is 31.1 Å². The first-order valence-corrected chi connectivity index (χ1v) is 6.24. The quantitative estimate of drug-likeness (QED) is 0.448. The van der Waals surface area contributed by atoms with Gasteiger partial charge in [0.25, 0.3) is 0 Å². The van der Waals surface area contributed by atoms with Crippen LogP contribution in [-0.2, 0) is 0 Å². The van der Waals surface area contributed by atoms with E-state index in [1.165, 1.54) is 12.3 Å². The minimum absolute atomic E-state index is 0.0414. The van der Waals surface area contributed by atoms with Gasteiger partial charge in [-0.15, -0.1) is 23.2 Å². The molecule has 3 heteroatoms. The van der Waals surface area contributed by atoms with Gasteiger partial charge in [-0.1, -0.05) is 14.8 Å². The summed E-state index contributed by atoms with van der Waals surface area (Å²) >= 11 is 12.3. The van der Waals surface area contributed by atoms with Crippen molar-refractivity contribution in [1.29, 1.82) is 0 Å². The van der Waals surface area contributed by atoms with Gasteiger partial charge in [-0.25, -0.2) is 0 Å². The first kappa shape index (κ1) is 9.10. The van der Waals surface area contributed by atoms with Crippen LogP contribution in [-0.4, -0.2) is 22.3 Å². The lowest BCUT2D eigenvalue weighted by molar-refractivity contribution is 0.689. The van der Waals surface area contributed by atoms with E-state index in [9.17, 15) is 0 Å². The molecule has 0 bridgehead atoms. The van der Waals surface area contributed by atoms with Gasteiger partial charge in [0.2, 0.25) is 0 Å². The molecule has 3 unspecified atom stereocenters. The van der Waals surface area contributed by atoms with Gasteiger partial charge in [0.15, 0.2) is 0 Å². The Labute approximate surface area is 74.0 Å². The molecule has 0 aromatic rings. The Hall–Kier alpha value is 1.01. The number of alkyl halides is 2. The van der Waals surface area contributed by atoms with Crippen LogP contribution in [0, 0.1) is 0 Å². The Morgan fingerprint density at radius 2 is 2.30 bits per heavy atom. The summed E-state index contributed by atoms with van der Waals surface area (Å²) in [4.78, 5) is -0.108. The Morgan fingerprint density at radius 3 is 2.50 bits per heavy atom. The first-order chi connectivity index (χ1) is 4.58. The maximum Gasteiger partial charge on any atom is 0.0721 e. The van der Waals surface area contributed by atoms with Crippen LogP contribution in [0.15, 0.2) is 0 Å². The van der Waals surface area contributed by atoms with Crippen molar-refractivity contribution in [3.05, 3.63) is 0 Å². The summed E-state index contributed by atoms with van der Waals surface area (Å²) in [6, 6.07) is 0. The molecule has 0 spiro atoms. The van der Waals surface area contributed by atoms with Crippen molar-refractivity contribution in [2.75, 3.05) is 12.3 Å². The second-order valence-electron chi connectivity index (χ2n) is 2.99. The van der Waals surface area contributed by atoms with Crippen LogP contribution in [0.2, 0.25) is 0 Å². The van der Waals surface area contributed by atoms with Gasteiger partial charge in [-0.3, -0.25) is 0 Å². The lowest BCUT2D eigenvalue weighted by atomic mass is 10.1. The maximum atomic E-state index is 6.18. The molecule has 0 radical (unpaired) electrons. The van der Waals surface area contributed by atoms with Crippen LogP contribution in [0.25, 0.3) is 0 Å². The van der Waals surface area contributed by atoms with Crippen molar-refractivity contribution in [3.8, 4) is 0 Å². The van der Waals surface area contributed by atoms with Crippen molar-refractivity contribution in [2.24, 2.45) is 0 Å². The second kappa shape index (κ2) is 3.17. The molecule has 1 rings (SSSR count). The molecule has 0 N–H and O–H groups in total. The fourth-order valence-corrected chi connectivity index (χ4v) is 5.26. The van der Waals surface area contributed by atoms with E-state index in [-0.39, 0.29) is 17.9 Å². The lowest BCUT2D eigenvalue weighted by Crippen LogP contribution is -2.21. The summed E-state index contributed by atoms with van der Waals surface area (Å²) < 4.78 is 0. The Kier molecular flexibility index (Phi) is 2.89. The van der Waals surface area contributed by atoms with Crippen LogP contribution in [0.3, 0.4) is 0 Å². The van der Waals surface area contributed by atoms with E-state index in [4.69, 9.17) is 23.2 Å². The zero-order chi connectivity index (χ0) is 7.78. The van der Waals surface area contributed by atoms with E-state index in [2.05, 4.69) is 13.8 Å². The fraction of sp³-hybridized carbons (Fsp3) is 1.00. The summed E-state index contributed by atoms with van der Waals surface area (Å²) in [6.07, 6.45) is 3.59. The highest BCUT2D eigenvalue weighted by Gasteiger charge is 2.41. The van der Waals surface area contributed by atoms with E-state index in [1.807, 2.05) is 0 Å². The summed E-state index contributed by atoms with van der Waals surface area (Å²) in [6.45, 7) is 4.27. The van der Waals surface area contributed by atoms with Crippen LogP contribution in [0.1, 0.15) is 20.3 Å². The van der Waals surface area contributed by atoms with E-state index in [0.717, 1.165) is 6.42 Å². The SMILES string of the molecule is CCP1CCC(C)(Cl)C1Cl. The highest BCUT2D eigenvalue weighted by Crippen LogP contribution is 2.58. The van der Waals surface area contributed by atoms with Gasteiger partial charge in [0, 0.05) is 0 Å². The van der Waals surface area contributed by atoms with Crippen molar-refractivity contribution in [1.82, 2.24) is 0 Å². The predicted octanol–water partition coefficient (Wildman–Crippen LogP) is 3.45. The molecule has 0 nitrogen and oxygen atoms in total. The molecule has 0 amide bonds. The third kappa shape index (κ3) is 1.60. The van der Waals surface area contributed by atoms with E-state index >= 15 is 0 Å². The fourth-order valence-electron chi connectivity index (χ4n) is 1.29. The van der Waals surface area contributed by atoms with Gasteiger partial charge < -0.3 is 0 Å². The molecule has 1 fully saturated rings. The summed E-state index contributed by atoms with van der Waals surface area (Å²) in [7, 11) is 0.0414. The van der Waals surface area contributed by atoms with E-state index in [1.54, 1.807) is 0 Å². The second-order valence-corrected chi connectivity index (χ2v) is 7.37. The van der Waals surface area contributed by atoms with Crippen molar-refractivity contribution in [2.45, 2.75) is 30.3 Å². The number of hydrogen-bond donors (Lipinski definition) is 0. The topological polar surface area (TPSA) is 0 Å². The monoisotopic (exact) mass is 198 g/mol. The molecule has 1 saturated heterocycles. The first-order valence-electron chi connectivity index (χ1n) is 3.65. The minimum Gasteiger partial charge on any atom is -0.118 e. The van der Waals surface area contributed by atoms with Crippen LogP contribution < -0.4 is 0 Å². The Morgan fingerprint density at radius 1 is 1.70 bits per heavy atom. The molecule has 0 saturated carbocycles. The molecule has 10 heavy (non-hydrogen) atoms. The summed E-state index contributed by atoms with van der Waals surface area (Å²) in [5.41, 5.74) is 0. The molecule has 0 aromatic carbocycles. The largest absolute Gasteiger partial charge is 0.118 e. The lowest BCUT2D eigenvalue weighted by Gasteiger charge is -2.21. The molecule has 1 heterocycles. The van der Waals surface area contributed by atoms with Crippen LogP contribution in [0.4, 0.5) is 0 Å². The van der Waals surface area contributed by atoms with Gasteiger partial charge in [-0.05, 0) is 25.7 Å². The molecule has 1 aliphatic heterocycles. The van der Waals surface area contributed by atoms with Crippen molar-refractivity contribution < 1.29 is 0 Å². The molecular weight excluding hydrogens is 186 g/mol. The van der Waals surface area contributed by atoms with Crippen molar-refractivity contribution in [3.63, 3.8) is 0 Å². The van der Waals surface area contributed by atoms with Gasteiger partial charge in [0.05, 0.1) is 9.99 Å². The van der Waals surface area contributed by atoms with Gasteiger partial charge in [-0.2, -0.15) is 0 Å². The average molecular weight is 199 g/mol. The summed E-state index contributed by atoms with van der Waals surface area (Å²) in [5.74, 6) is 0. The number of halogens is 2. The van der Waals surface area contributed by atoms with Crippen LogP contribution in [0.5, 0.6) is 0 Å². The minimum atomic E-state index is -0.108. The van der Waals surface area contributed by atoms with E-state index < -0.39 is 0 Å². The Bertz CT molecular complexity index is 125. The third-order valence-electron chi connectivity index (χ3n) is 2.11. The van der Waals surface area contributed by atoms with Gasteiger partial charge >= 0.3 is 0 Å². The average Bonchev–Trinajstić information content (AvgIpc) is 2.10. The maximum absolute atomic E-state index is 6.18. The van der Waals surface area contributed by atoms with Crippen molar-refractivity contribution >= 4 is 31.1 Å². The molecule has 0 aliphatic carbocycles. The Balaban J connectivity index is 2.58. The number of hydrogen-bond acceptors (Lipinski definition) is 0. The smallest absolute Gasteiger partial charge is 0.0721 e. The molecular formula is C7H13Cl2P. The standard InChI is InChI=1S/C7H13Cl2P/c1-3-10-5-4-7(2,9)6(10)8/h6H,3-5H2,1-2H3. The molecule has 3 atom stereocenters.